The van der Waals surface area contributed by atoms with Gasteiger partial charge in [-0.25, -0.2) is 4.39 Å². The summed E-state index contributed by atoms with van der Waals surface area (Å²) in [4.78, 5) is 10.6. The Hall–Kier alpha value is -1.42. The summed E-state index contributed by atoms with van der Waals surface area (Å²) < 4.78 is 13.5. The van der Waals surface area contributed by atoms with Crippen molar-refractivity contribution < 1.29 is 14.3 Å². The van der Waals surface area contributed by atoms with Gasteiger partial charge in [-0.15, -0.1) is 0 Å². The van der Waals surface area contributed by atoms with Crippen LogP contribution in [-0.4, -0.2) is 11.0 Å². The molecule has 1 rings (SSSR count). The van der Waals surface area contributed by atoms with Crippen LogP contribution in [0.25, 0.3) is 0 Å². The Morgan fingerprint density at radius 3 is 2.53 bits per heavy atom. The van der Waals surface area contributed by atoms with Crippen LogP contribution in [0.2, 0.25) is 0 Å². The van der Waals surface area contributed by atoms with Crippen LogP contribution in [0.4, 0.5) is 4.39 Å². The van der Waals surface area contributed by atoms with Gasteiger partial charge < -0.3 is 10.8 Å². The van der Waals surface area contributed by atoms with Crippen molar-refractivity contribution in [2.45, 2.75) is 25.9 Å². The SMILES string of the molecule is CC(C)(O)c1ccc(CC(N)=O)cc1F. The summed E-state index contributed by atoms with van der Waals surface area (Å²) in [5.41, 5.74) is 4.47. The van der Waals surface area contributed by atoms with E-state index in [0.717, 1.165) is 0 Å². The summed E-state index contributed by atoms with van der Waals surface area (Å²) in [5.74, 6) is -1.04. The molecule has 0 aliphatic carbocycles. The molecule has 3 nitrogen and oxygen atoms in total. The summed E-state index contributed by atoms with van der Waals surface area (Å²) in [6.45, 7) is 3.00. The topological polar surface area (TPSA) is 63.3 Å². The number of hydrogen-bond acceptors (Lipinski definition) is 2. The predicted octanol–water partition coefficient (Wildman–Crippen LogP) is 1.08. The van der Waals surface area contributed by atoms with E-state index >= 15 is 0 Å². The van der Waals surface area contributed by atoms with E-state index in [2.05, 4.69) is 0 Å². The van der Waals surface area contributed by atoms with Gasteiger partial charge in [0.25, 0.3) is 0 Å². The predicted molar refractivity (Wildman–Crippen MR) is 54.5 cm³/mol. The number of benzene rings is 1. The van der Waals surface area contributed by atoms with Gasteiger partial charge in [-0.2, -0.15) is 0 Å². The van der Waals surface area contributed by atoms with E-state index in [0.29, 0.717) is 5.56 Å². The van der Waals surface area contributed by atoms with E-state index < -0.39 is 17.3 Å². The van der Waals surface area contributed by atoms with Gasteiger partial charge in [-0.3, -0.25) is 4.79 Å². The summed E-state index contributed by atoms with van der Waals surface area (Å²) in [5, 5.41) is 9.61. The fraction of sp³-hybridized carbons (Fsp3) is 0.364. The van der Waals surface area contributed by atoms with Crippen molar-refractivity contribution in [3.63, 3.8) is 0 Å². The molecule has 1 amide bonds. The van der Waals surface area contributed by atoms with Crippen molar-refractivity contribution in [1.29, 1.82) is 0 Å². The highest BCUT2D eigenvalue weighted by Crippen LogP contribution is 2.23. The van der Waals surface area contributed by atoms with Crippen molar-refractivity contribution in [2.24, 2.45) is 5.73 Å². The van der Waals surface area contributed by atoms with Gasteiger partial charge in [0.2, 0.25) is 5.91 Å². The average Bonchev–Trinajstić information content (AvgIpc) is 1.99. The Labute approximate surface area is 87.7 Å². The third-order valence-electron chi connectivity index (χ3n) is 2.07. The van der Waals surface area contributed by atoms with Crippen LogP contribution in [0, 0.1) is 5.82 Å². The Morgan fingerprint density at radius 2 is 2.13 bits per heavy atom. The molecule has 0 saturated carbocycles. The normalized spacial score (nSPS) is 11.5. The molecule has 0 heterocycles. The van der Waals surface area contributed by atoms with Gasteiger partial charge in [-0.05, 0) is 25.5 Å². The van der Waals surface area contributed by atoms with E-state index in [1.807, 2.05) is 0 Å². The number of nitrogens with two attached hydrogens (primary N) is 1. The summed E-state index contributed by atoms with van der Waals surface area (Å²) in [6.07, 6.45) is 0.00303. The van der Waals surface area contributed by atoms with Crippen molar-refractivity contribution in [1.82, 2.24) is 0 Å². The van der Waals surface area contributed by atoms with Crippen molar-refractivity contribution in [2.75, 3.05) is 0 Å². The lowest BCUT2D eigenvalue weighted by Crippen LogP contribution is -2.18. The molecule has 0 saturated heterocycles. The molecule has 0 spiro atoms. The molecule has 1 aromatic rings. The average molecular weight is 211 g/mol. The zero-order valence-electron chi connectivity index (χ0n) is 8.75. The minimum absolute atomic E-state index is 0.00303. The molecule has 0 aliphatic rings. The fourth-order valence-electron chi connectivity index (χ4n) is 1.37. The van der Waals surface area contributed by atoms with E-state index in [4.69, 9.17) is 5.73 Å². The van der Waals surface area contributed by atoms with Gasteiger partial charge in [-0.1, -0.05) is 12.1 Å². The van der Waals surface area contributed by atoms with E-state index in [9.17, 15) is 14.3 Å². The first-order valence-electron chi connectivity index (χ1n) is 4.60. The number of amides is 1. The number of halogens is 1. The highest BCUT2D eigenvalue weighted by atomic mass is 19.1. The monoisotopic (exact) mass is 211 g/mol. The molecule has 82 valence electrons. The summed E-state index contributed by atoms with van der Waals surface area (Å²) in [7, 11) is 0. The first-order chi connectivity index (χ1) is 6.80. The van der Waals surface area contributed by atoms with E-state index in [1.165, 1.54) is 26.0 Å². The lowest BCUT2D eigenvalue weighted by Gasteiger charge is -2.18. The van der Waals surface area contributed by atoms with Crippen LogP contribution in [0.15, 0.2) is 18.2 Å². The fourth-order valence-corrected chi connectivity index (χ4v) is 1.37. The van der Waals surface area contributed by atoms with E-state index in [-0.39, 0.29) is 12.0 Å². The Kier molecular flexibility index (Phi) is 3.09. The van der Waals surface area contributed by atoms with Crippen molar-refractivity contribution in [3.05, 3.63) is 35.1 Å². The minimum Gasteiger partial charge on any atom is -0.386 e. The molecule has 0 unspecified atom stereocenters. The maximum atomic E-state index is 13.5. The number of carbonyl (C=O) groups is 1. The number of hydrogen-bond donors (Lipinski definition) is 2. The quantitative estimate of drug-likeness (QED) is 0.785. The number of primary amides is 1. The Morgan fingerprint density at radius 1 is 1.53 bits per heavy atom. The third-order valence-corrected chi connectivity index (χ3v) is 2.07. The lowest BCUT2D eigenvalue weighted by molar-refractivity contribution is -0.117. The molecule has 1 aromatic carbocycles. The van der Waals surface area contributed by atoms with Gasteiger partial charge >= 0.3 is 0 Å². The minimum atomic E-state index is -1.23. The second-order valence-electron chi connectivity index (χ2n) is 4.02. The molecule has 15 heavy (non-hydrogen) atoms. The zero-order chi connectivity index (χ0) is 11.6. The molecule has 0 fully saturated rings. The second-order valence-corrected chi connectivity index (χ2v) is 4.02. The third kappa shape index (κ3) is 3.02. The van der Waals surface area contributed by atoms with Crippen LogP contribution < -0.4 is 5.73 Å². The van der Waals surface area contributed by atoms with Crippen LogP contribution in [0.3, 0.4) is 0 Å². The molecule has 4 heteroatoms. The molecule has 3 N–H and O–H groups in total. The van der Waals surface area contributed by atoms with Crippen LogP contribution in [-0.2, 0) is 16.8 Å². The van der Waals surface area contributed by atoms with Gasteiger partial charge in [0.05, 0.1) is 12.0 Å². The zero-order valence-corrected chi connectivity index (χ0v) is 8.75. The Balaban J connectivity index is 3.04. The highest BCUT2D eigenvalue weighted by Gasteiger charge is 2.20. The van der Waals surface area contributed by atoms with Crippen LogP contribution in [0.5, 0.6) is 0 Å². The van der Waals surface area contributed by atoms with Gasteiger partial charge in [0, 0.05) is 5.56 Å². The molecule has 0 radical (unpaired) electrons. The molecule has 0 bridgehead atoms. The summed E-state index contributed by atoms with van der Waals surface area (Å²) >= 11 is 0. The number of carbonyl (C=O) groups excluding carboxylic acids is 1. The maximum absolute atomic E-state index is 13.5. The second kappa shape index (κ2) is 3.98. The van der Waals surface area contributed by atoms with Crippen molar-refractivity contribution in [3.8, 4) is 0 Å². The first kappa shape index (κ1) is 11.7. The molecule has 0 atom stereocenters. The molecule has 0 aromatic heterocycles. The Bertz CT molecular complexity index is 383. The van der Waals surface area contributed by atoms with Crippen LogP contribution >= 0.6 is 0 Å². The number of aliphatic hydroxyl groups is 1. The first-order valence-corrected chi connectivity index (χ1v) is 4.60. The largest absolute Gasteiger partial charge is 0.386 e. The van der Waals surface area contributed by atoms with Crippen molar-refractivity contribution >= 4 is 5.91 Å². The lowest BCUT2D eigenvalue weighted by atomic mass is 9.96. The standard InChI is InChI=1S/C11H14FNO2/c1-11(2,15)8-4-3-7(5-9(8)12)6-10(13)14/h3-5,15H,6H2,1-2H3,(H2,13,14). The molecular formula is C11H14FNO2. The van der Waals surface area contributed by atoms with Gasteiger partial charge in [0.15, 0.2) is 0 Å². The molecular weight excluding hydrogens is 197 g/mol. The maximum Gasteiger partial charge on any atom is 0.221 e. The highest BCUT2D eigenvalue weighted by molar-refractivity contribution is 5.76. The van der Waals surface area contributed by atoms with E-state index in [1.54, 1.807) is 6.07 Å². The smallest absolute Gasteiger partial charge is 0.221 e. The van der Waals surface area contributed by atoms with Crippen LogP contribution in [0.1, 0.15) is 25.0 Å². The molecule has 0 aliphatic heterocycles. The summed E-state index contributed by atoms with van der Waals surface area (Å²) in [6, 6.07) is 4.27. The van der Waals surface area contributed by atoms with Gasteiger partial charge in [0.1, 0.15) is 5.82 Å². The number of rotatable bonds is 3.